The van der Waals surface area contributed by atoms with Crippen LogP contribution in [0.3, 0.4) is 0 Å². The zero-order chi connectivity index (χ0) is 18.2. The zero-order valence-corrected chi connectivity index (χ0v) is 14.2. The first-order valence-electron chi connectivity index (χ1n) is 7.46. The van der Waals surface area contributed by atoms with Crippen LogP contribution in [0.2, 0.25) is 0 Å². The van der Waals surface area contributed by atoms with Crippen LogP contribution in [-0.4, -0.2) is 32.2 Å². The first-order chi connectivity index (χ1) is 12.0. The molecule has 2 aromatic carbocycles. The van der Waals surface area contributed by atoms with E-state index in [0.717, 1.165) is 5.56 Å². The van der Waals surface area contributed by atoms with Crippen molar-refractivity contribution < 1.29 is 19.1 Å². The van der Waals surface area contributed by atoms with Crippen LogP contribution in [-0.2, 0) is 4.79 Å². The van der Waals surface area contributed by atoms with Crippen LogP contribution in [0.5, 0.6) is 11.5 Å². The molecule has 0 fully saturated rings. The van der Waals surface area contributed by atoms with Gasteiger partial charge in [0.2, 0.25) is 5.91 Å². The Balaban J connectivity index is 1.99. The van der Waals surface area contributed by atoms with E-state index in [9.17, 15) is 9.59 Å². The quantitative estimate of drug-likeness (QED) is 0.624. The standard InChI is InChI=1S/C18H19N3O4/c1-12(22)20-15-7-4-13(5-8-15)11-19-21-18(23)14-6-9-16(24-2)17(10-14)25-3/h4-11H,1-3H3,(H,20,22)(H,21,23)/b19-11+. The molecular weight excluding hydrogens is 322 g/mol. The fourth-order valence-electron chi connectivity index (χ4n) is 2.06. The van der Waals surface area contributed by atoms with Crippen LogP contribution in [0.1, 0.15) is 22.8 Å². The molecule has 2 rings (SSSR count). The molecule has 0 aromatic heterocycles. The molecule has 0 aliphatic carbocycles. The fraction of sp³-hybridized carbons (Fsp3) is 0.167. The number of nitrogens with zero attached hydrogens (tertiary/aromatic N) is 1. The summed E-state index contributed by atoms with van der Waals surface area (Å²) in [6.45, 7) is 1.44. The van der Waals surface area contributed by atoms with Crippen LogP contribution in [0.25, 0.3) is 0 Å². The summed E-state index contributed by atoms with van der Waals surface area (Å²) in [6, 6.07) is 11.9. The second-order valence-corrected chi connectivity index (χ2v) is 5.07. The lowest BCUT2D eigenvalue weighted by Gasteiger charge is -2.08. The summed E-state index contributed by atoms with van der Waals surface area (Å²) in [4.78, 5) is 23.1. The molecule has 2 aromatic rings. The van der Waals surface area contributed by atoms with Crippen LogP contribution >= 0.6 is 0 Å². The van der Waals surface area contributed by atoms with Gasteiger partial charge in [0.05, 0.1) is 20.4 Å². The smallest absolute Gasteiger partial charge is 0.271 e. The number of nitrogens with one attached hydrogen (secondary N) is 2. The van der Waals surface area contributed by atoms with Gasteiger partial charge < -0.3 is 14.8 Å². The van der Waals surface area contributed by atoms with E-state index in [4.69, 9.17) is 9.47 Å². The van der Waals surface area contributed by atoms with Gasteiger partial charge in [0.25, 0.3) is 5.91 Å². The van der Waals surface area contributed by atoms with E-state index in [1.54, 1.807) is 42.5 Å². The average molecular weight is 341 g/mol. The third kappa shape index (κ3) is 5.07. The topological polar surface area (TPSA) is 89.0 Å². The molecule has 2 N–H and O–H groups in total. The summed E-state index contributed by atoms with van der Waals surface area (Å²) in [6.07, 6.45) is 1.51. The zero-order valence-electron chi connectivity index (χ0n) is 14.2. The number of benzene rings is 2. The van der Waals surface area contributed by atoms with Crippen molar-refractivity contribution in [2.24, 2.45) is 5.10 Å². The minimum Gasteiger partial charge on any atom is -0.493 e. The van der Waals surface area contributed by atoms with E-state index in [2.05, 4.69) is 15.8 Å². The number of ether oxygens (including phenoxy) is 2. The molecule has 0 radical (unpaired) electrons. The number of anilines is 1. The SMILES string of the molecule is COc1ccc(C(=O)N/N=C/c2ccc(NC(C)=O)cc2)cc1OC. The Labute approximate surface area is 145 Å². The Morgan fingerprint density at radius 3 is 2.28 bits per heavy atom. The third-order valence-corrected chi connectivity index (χ3v) is 3.26. The third-order valence-electron chi connectivity index (χ3n) is 3.26. The van der Waals surface area contributed by atoms with Crippen molar-refractivity contribution in [1.82, 2.24) is 5.43 Å². The van der Waals surface area contributed by atoms with Crippen molar-refractivity contribution >= 4 is 23.7 Å². The number of methoxy groups -OCH3 is 2. The highest BCUT2D eigenvalue weighted by molar-refractivity contribution is 5.95. The van der Waals surface area contributed by atoms with Gasteiger partial charge in [-0.1, -0.05) is 12.1 Å². The van der Waals surface area contributed by atoms with Crippen LogP contribution in [0.15, 0.2) is 47.6 Å². The highest BCUT2D eigenvalue weighted by Crippen LogP contribution is 2.27. The van der Waals surface area contributed by atoms with Crippen LogP contribution in [0, 0.1) is 0 Å². The largest absolute Gasteiger partial charge is 0.493 e. The molecular formula is C18H19N3O4. The van der Waals surface area contributed by atoms with E-state index in [1.165, 1.54) is 27.4 Å². The number of hydrogen-bond donors (Lipinski definition) is 2. The number of carbonyl (C=O) groups excluding carboxylic acids is 2. The summed E-state index contributed by atoms with van der Waals surface area (Å²) >= 11 is 0. The molecule has 0 saturated carbocycles. The second-order valence-electron chi connectivity index (χ2n) is 5.07. The number of hydrazone groups is 1. The normalized spacial score (nSPS) is 10.4. The number of rotatable bonds is 6. The van der Waals surface area contributed by atoms with Gasteiger partial charge in [0, 0.05) is 18.2 Å². The molecule has 0 spiro atoms. The molecule has 0 heterocycles. The number of hydrogen-bond acceptors (Lipinski definition) is 5. The minimum atomic E-state index is -0.368. The van der Waals surface area contributed by atoms with Crippen molar-refractivity contribution in [1.29, 1.82) is 0 Å². The fourth-order valence-corrected chi connectivity index (χ4v) is 2.06. The Kier molecular flexibility index (Phi) is 6.11. The monoisotopic (exact) mass is 341 g/mol. The summed E-state index contributed by atoms with van der Waals surface area (Å²) in [7, 11) is 3.03. The van der Waals surface area contributed by atoms with Crippen molar-refractivity contribution in [3.05, 3.63) is 53.6 Å². The molecule has 0 aliphatic heterocycles. The van der Waals surface area contributed by atoms with Crippen LogP contribution < -0.4 is 20.2 Å². The van der Waals surface area contributed by atoms with Crippen molar-refractivity contribution in [2.45, 2.75) is 6.92 Å². The van der Waals surface area contributed by atoms with Gasteiger partial charge in [-0.2, -0.15) is 5.10 Å². The molecule has 7 heteroatoms. The summed E-state index contributed by atoms with van der Waals surface area (Å²) in [5.74, 6) is 0.505. The molecule has 0 aliphatic rings. The van der Waals surface area contributed by atoms with E-state index < -0.39 is 0 Å². The highest BCUT2D eigenvalue weighted by Gasteiger charge is 2.09. The maximum atomic E-state index is 12.1. The van der Waals surface area contributed by atoms with Crippen molar-refractivity contribution in [2.75, 3.05) is 19.5 Å². The molecule has 2 amide bonds. The summed E-state index contributed by atoms with van der Waals surface area (Å²) in [5, 5.41) is 6.60. The lowest BCUT2D eigenvalue weighted by Crippen LogP contribution is -2.17. The Bertz CT molecular complexity index is 785. The van der Waals surface area contributed by atoms with Gasteiger partial charge >= 0.3 is 0 Å². The molecule has 0 bridgehead atoms. The Morgan fingerprint density at radius 1 is 1.00 bits per heavy atom. The van der Waals surface area contributed by atoms with Crippen molar-refractivity contribution in [3.63, 3.8) is 0 Å². The lowest BCUT2D eigenvalue weighted by molar-refractivity contribution is -0.114. The van der Waals surface area contributed by atoms with Gasteiger partial charge in [-0.25, -0.2) is 5.43 Å². The number of amides is 2. The maximum absolute atomic E-state index is 12.1. The summed E-state index contributed by atoms with van der Waals surface area (Å²) in [5.41, 5.74) is 4.32. The lowest BCUT2D eigenvalue weighted by atomic mass is 10.2. The Hall–Kier alpha value is -3.35. The van der Waals surface area contributed by atoms with E-state index in [1.807, 2.05) is 0 Å². The molecule has 0 unspecified atom stereocenters. The second kappa shape index (κ2) is 8.49. The maximum Gasteiger partial charge on any atom is 0.271 e. The Morgan fingerprint density at radius 2 is 1.68 bits per heavy atom. The molecule has 130 valence electrons. The predicted octanol–water partition coefficient (Wildman–Crippen LogP) is 2.43. The van der Waals surface area contributed by atoms with Gasteiger partial charge in [-0.3, -0.25) is 9.59 Å². The predicted molar refractivity (Wildman–Crippen MR) is 95.4 cm³/mol. The highest BCUT2D eigenvalue weighted by atomic mass is 16.5. The molecule has 25 heavy (non-hydrogen) atoms. The molecule has 7 nitrogen and oxygen atoms in total. The van der Waals surface area contributed by atoms with Gasteiger partial charge in [0.15, 0.2) is 11.5 Å². The first kappa shape index (κ1) is 18.0. The van der Waals surface area contributed by atoms with Gasteiger partial charge in [0.1, 0.15) is 0 Å². The van der Waals surface area contributed by atoms with E-state index in [0.29, 0.717) is 22.7 Å². The van der Waals surface area contributed by atoms with Gasteiger partial charge in [-0.15, -0.1) is 0 Å². The first-order valence-corrected chi connectivity index (χ1v) is 7.46. The van der Waals surface area contributed by atoms with Crippen molar-refractivity contribution in [3.8, 4) is 11.5 Å². The number of carbonyl (C=O) groups is 2. The molecule has 0 saturated heterocycles. The average Bonchev–Trinajstić information content (AvgIpc) is 2.62. The minimum absolute atomic E-state index is 0.136. The molecule has 0 atom stereocenters. The van der Waals surface area contributed by atoms with Crippen LogP contribution in [0.4, 0.5) is 5.69 Å². The summed E-state index contributed by atoms with van der Waals surface area (Å²) < 4.78 is 10.3. The van der Waals surface area contributed by atoms with E-state index in [-0.39, 0.29) is 11.8 Å². The van der Waals surface area contributed by atoms with E-state index >= 15 is 0 Å². The van der Waals surface area contributed by atoms with Gasteiger partial charge in [-0.05, 0) is 35.9 Å².